The average molecular weight is 511 g/mol. The van der Waals surface area contributed by atoms with Crippen LogP contribution in [-0.4, -0.2) is 37.6 Å². The number of hydrogen-bond donors (Lipinski definition) is 3. The van der Waals surface area contributed by atoms with Gasteiger partial charge in [-0.05, 0) is 56.0 Å². The van der Waals surface area contributed by atoms with Crippen molar-refractivity contribution in [1.29, 1.82) is 0 Å². The number of hydrogen-bond acceptors (Lipinski definition) is 6. The van der Waals surface area contributed by atoms with Gasteiger partial charge in [-0.15, -0.1) is 0 Å². The third-order valence-corrected chi connectivity index (χ3v) is 6.33. The van der Waals surface area contributed by atoms with Gasteiger partial charge in [0.15, 0.2) is 17.3 Å². The molecule has 1 amide bonds. The molecule has 4 rings (SSSR count). The van der Waals surface area contributed by atoms with Crippen molar-refractivity contribution < 1.29 is 28.6 Å². The zero-order chi connectivity index (χ0) is 27.3. The van der Waals surface area contributed by atoms with Gasteiger partial charge in [-0.3, -0.25) is 9.59 Å². The number of para-hydroxylation sites is 1. The van der Waals surface area contributed by atoms with E-state index in [1.807, 2.05) is 19.1 Å². The van der Waals surface area contributed by atoms with E-state index in [2.05, 4.69) is 24.5 Å². The molecule has 3 N–H and O–H groups in total. The Kier molecular flexibility index (Phi) is 8.76. The minimum Gasteiger partial charge on any atom is -0.493 e. The van der Waals surface area contributed by atoms with E-state index in [0.717, 1.165) is 5.70 Å². The number of carbonyl (C=O) groups excluding carboxylic acids is 2. The van der Waals surface area contributed by atoms with Gasteiger partial charge >= 0.3 is 0 Å². The lowest BCUT2D eigenvalue weighted by Crippen LogP contribution is -2.39. The van der Waals surface area contributed by atoms with E-state index in [1.54, 1.807) is 27.2 Å². The van der Waals surface area contributed by atoms with Crippen LogP contribution in [0, 0.1) is 11.2 Å². The summed E-state index contributed by atoms with van der Waals surface area (Å²) in [6.45, 7) is 7.88. The van der Waals surface area contributed by atoms with Crippen molar-refractivity contribution in [3.8, 4) is 11.5 Å². The van der Waals surface area contributed by atoms with Crippen molar-refractivity contribution in [2.75, 3.05) is 26.1 Å². The van der Waals surface area contributed by atoms with Gasteiger partial charge in [-0.2, -0.15) is 0 Å². The lowest BCUT2D eigenvalue weighted by molar-refractivity contribution is -0.118. The first kappa shape index (κ1) is 27.9. The molecule has 8 heteroatoms. The third-order valence-electron chi connectivity index (χ3n) is 6.33. The van der Waals surface area contributed by atoms with Crippen LogP contribution >= 0.6 is 0 Å². The molecule has 2 aromatic rings. The summed E-state index contributed by atoms with van der Waals surface area (Å²) in [5.74, 6) is -0.437. The van der Waals surface area contributed by atoms with Crippen LogP contribution in [0.2, 0.25) is 0 Å². The highest BCUT2D eigenvalue weighted by atomic mass is 19.1. The van der Waals surface area contributed by atoms with Crippen LogP contribution in [0.1, 0.15) is 52.0 Å². The molecule has 0 saturated carbocycles. The summed E-state index contributed by atoms with van der Waals surface area (Å²) < 4.78 is 24.6. The van der Waals surface area contributed by atoms with E-state index in [1.165, 1.54) is 24.3 Å². The Morgan fingerprint density at radius 1 is 1.14 bits per heavy atom. The Hall–Kier alpha value is -3.65. The first-order valence-electron chi connectivity index (χ1n) is 12.2. The number of benzene rings is 2. The topological polar surface area (TPSA) is 96.9 Å². The van der Waals surface area contributed by atoms with Gasteiger partial charge in [-0.25, -0.2) is 4.39 Å². The first-order valence-corrected chi connectivity index (χ1v) is 12.2. The van der Waals surface area contributed by atoms with Crippen molar-refractivity contribution in [3.05, 3.63) is 76.4 Å². The number of amides is 1. The highest BCUT2D eigenvalue weighted by Gasteiger charge is 2.43. The van der Waals surface area contributed by atoms with Gasteiger partial charge in [0.25, 0.3) is 5.91 Å². The molecule has 198 valence electrons. The second-order valence-electron chi connectivity index (χ2n) is 9.79. The summed E-state index contributed by atoms with van der Waals surface area (Å²) in [6.07, 6.45) is 1.06. The summed E-state index contributed by atoms with van der Waals surface area (Å²) >= 11 is 0. The van der Waals surface area contributed by atoms with Crippen LogP contribution in [0.25, 0.3) is 0 Å². The molecular formula is C29H35FN2O5. The van der Waals surface area contributed by atoms with Gasteiger partial charge in [0.1, 0.15) is 5.82 Å². The molecule has 2 aliphatic rings. The second-order valence-corrected chi connectivity index (χ2v) is 9.79. The minimum absolute atomic E-state index is 0.00629. The van der Waals surface area contributed by atoms with Crippen LogP contribution in [0.3, 0.4) is 0 Å². The molecule has 0 aromatic heterocycles. The molecular weight excluding hydrogens is 475 g/mol. The molecule has 1 heterocycles. The van der Waals surface area contributed by atoms with E-state index in [9.17, 15) is 14.0 Å². The maximum atomic E-state index is 13.6. The lowest BCUT2D eigenvalue weighted by atomic mass is 9.68. The van der Waals surface area contributed by atoms with Crippen LogP contribution < -0.4 is 20.1 Å². The number of methoxy groups -OCH3 is 2. The number of dihydropyridines is 1. The number of carbonyl (C=O) groups is 2. The number of anilines is 1. The molecule has 7 nitrogen and oxygen atoms in total. The minimum atomic E-state index is -0.648. The molecule has 2 aromatic carbocycles. The van der Waals surface area contributed by atoms with E-state index in [4.69, 9.17) is 14.6 Å². The molecule has 1 aliphatic carbocycles. The van der Waals surface area contributed by atoms with Gasteiger partial charge < -0.3 is 25.2 Å². The molecule has 1 aliphatic heterocycles. The fraction of sp³-hybridized carbons (Fsp3) is 0.379. The fourth-order valence-corrected chi connectivity index (χ4v) is 4.92. The molecule has 0 bridgehead atoms. The number of aliphatic hydroxyl groups excluding tert-OH is 1. The predicted molar refractivity (Wildman–Crippen MR) is 141 cm³/mol. The molecule has 1 atom stereocenters. The maximum Gasteiger partial charge on any atom is 0.254 e. The standard InChI is InChI=1S/C27H29FN2O4.C2H6O/c1-15-22(26(32)30-17-11-9-16(28)10-12-17)23(18-7-6-8-21(33-4)25(18)34-5)24-19(29-15)13-27(2,3)14-20(24)31;1-2-3/h6-12,23,29H,13-14H2,1-5H3,(H,30,32);3H,2H2,1H3. The van der Waals surface area contributed by atoms with Gasteiger partial charge in [0.2, 0.25) is 0 Å². The maximum absolute atomic E-state index is 13.6. The number of aliphatic hydroxyl groups is 1. The van der Waals surface area contributed by atoms with E-state index >= 15 is 0 Å². The summed E-state index contributed by atoms with van der Waals surface area (Å²) in [6, 6.07) is 11.0. The predicted octanol–water partition coefficient (Wildman–Crippen LogP) is 5.08. The fourth-order valence-electron chi connectivity index (χ4n) is 4.92. The van der Waals surface area contributed by atoms with Crippen molar-refractivity contribution >= 4 is 17.4 Å². The Morgan fingerprint density at radius 3 is 2.38 bits per heavy atom. The molecule has 0 radical (unpaired) electrons. The van der Waals surface area contributed by atoms with Crippen molar-refractivity contribution in [3.63, 3.8) is 0 Å². The van der Waals surface area contributed by atoms with Crippen molar-refractivity contribution in [2.45, 2.75) is 46.5 Å². The smallest absolute Gasteiger partial charge is 0.254 e. The van der Waals surface area contributed by atoms with E-state index < -0.39 is 11.7 Å². The SMILES string of the molecule is CCO.COc1cccc(C2C(C(=O)Nc3ccc(F)cc3)=C(C)NC3=C2C(=O)CC(C)(C)C3)c1OC. The summed E-state index contributed by atoms with van der Waals surface area (Å²) in [5.41, 5.74) is 3.39. The van der Waals surface area contributed by atoms with Crippen LogP contribution in [0.5, 0.6) is 11.5 Å². The van der Waals surface area contributed by atoms with Crippen molar-refractivity contribution in [1.82, 2.24) is 5.32 Å². The number of halogens is 1. The number of ketones is 1. The van der Waals surface area contributed by atoms with Gasteiger partial charge in [-0.1, -0.05) is 26.0 Å². The molecule has 0 fully saturated rings. The Morgan fingerprint density at radius 2 is 1.78 bits per heavy atom. The summed E-state index contributed by atoms with van der Waals surface area (Å²) in [5, 5.41) is 13.8. The van der Waals surface area contributed by atoms with E-state index in [0.29, 0.717) is 52.4 Å². The lowest BCUT2D eigenvalue weighted by Gasteiger charge is -2.40. The molecule has 0 spiro atoms. The van der Waals surface area contributed by atoms with Crippen LogP contribution in [0.15, 0.2) is 65.0 Å². The first-order chi connectivity index (χ1) is 17.6. The van der Waals surface area contributed by atoms with Crippen LogP contribution in [-0.2, 0) is 9.59 Å². The van der Waals surface area contributed by atoms with E-state index in [-0.39, 0.29) is 23.7 Å². The molecule has 37 heavy (non-hydrogen) atoms. The monoisotopic (exact) mass is 510 g/mol. The number of ether oxygens (including phenoxy) is 2. The van der Waals surface area contributed by atoms with Crippen LogP contribution in [0.4, 0.5) is 10.1 Å². The summed E-state index contributed by atoms with van der Waals surface area (Å²) in [7, 11) is 3.09. The van der Waals surface area contributed by atoms with Gasteiger partial charge in [0.05, 0.1) is 20.1 Å². The zero-order valence-electron chi connectivity index (χ0n) is 22.2. The second kappa shape index (κ2) is 11.6. The average Bonchev–Trinajstić information content (AvgIpc) is 2.83. The largest absolute Gasteiger partial charge is 0.493 e. The number of rotatable bonds is 5. The normalized spacial score (nSPS) is 18.3. The Labute approximate surface area is 217 Å². The van der Waals surface area contributed by atoms with Crippen molar-refractivity contribution in [2.24, 2.45) is 5.41 Å². The number of allylic oxidation sites excluding steroid dienone is 3. The summed E-state index contributed by atoms with van der Waals surface area (Å²) in [4.78, 5) is 27.1. The molecule has 1 unspecified atom stereocenters. The quantitative estimate of drug-likeness (QED) is 0.519. The van der Waals surface area contributed by atoms with Gasteiger partial charge in [0, 0.05) is 46.8 Å². The zero-order valence-corrected chi connectivity index (χ0v) is 22.2. The highest BCUT2D eigenvalue weighted by molar-refractivity contribution is 6.10. The third kappa shape index (κ3) is 6.02. The number of Topliss-reactive ketones (excluding diaryl/α,β-unsaturated/α-hetero) is 1. The highest BCUT2D eigenvalue weighted by Crippen LogP contribution is 2.50. The Bertz CT molecular complexity index is 1230. The number of nitrogens with one attached hydrogen (secondary N) is 2. The molecule has 0 saturated heterocycles. The Balaban J connectivity index is 0.00000121.